The summed E-state index contributed by atoms with van der Waals surface area (Å²) in [5.41, 5.74) is 0.442. The molecule has 0 radical (unpaired) electrons. The molecule has 3 N–H and O–H groups in total. The summed E-state index contributed by atoms with van der Waals surface area (Å²) in [5.74, 6) is -1.28. The third-order valence-corrected chi connectivity index (χ3v) is 2.28. The number of nitrogens with one attached hydrogen (secondary N) is 2. The summed E-state index contributed by atoms with van der Waals surface area (Å²) in [5, 5.41) is 14.2. The van der Waals surface area contributed by atoms with Crippen molar-refractivity contribution in [3.63, 3.8) is 0 Å². The molecule has 1 amide bonds. The summed E-state index contributed by atoms with van der Waals surface area (Å²) in [6, 6.07) is 6.33. The van der Waals surface area contributed by atoms with Gasteiger partial charge in [-0.15, -0.1) is 0 Å². The predicted molar refractivity (Wildman–Crippen MR) is 66.0 cm³/mol. The fourth-order valence-corrected chi connectivity index (χ4v) is 1.46. The van der Waals surface area contributed by atoms with Crippen LogP contribution in [0.2, 0.25) is 0 Å². The van der Waals surface area contributed by atoms with Crippen LogP contribution in [0.3, 0.4) is 0 Å². The monoisotopic (exact) mass is 246 g/mol. The Balaban J connectivity index is 2.26. The van der Waals surface area contributed by atoms with E-state index in [1.165, 1.54) is 13.1 Å². The molecule has 0 unspecified atom stereocenters. The van der Waals surface area contributed by atoms with Crippen molar-refractivity contribution in [1.29, 1.82) is 0 Å². The van der Waals surface area contributed by atoms with E-state index >= 15 is 0 Å². The molecule has 18 heavy (non-hydrogen) atoms. The van der Waals surface area contributed by atoms with Gasteiger partial charge in [0.15, 0.2) is 0 Å². The molecule has 7 heteroatoms. The first kappa shape index (κ1) is 11.8. The number of carboxylic acids is 1. The smallest absolute Gasteiger partial charge is 0.337 e. The van der Waals surface area contributed by atoms with Gasteiger partial charge in [-0.1, -0.05) is 12.1 Å². The number of benzene rings is 1. The fraction of sp³-hybridized carbons (Fsp3) is 0.0909. The van der Waals surface area contributed by atoms with Crippen LogP contribution >= 0.6 is 0 Å². The molecule has 0 spiro atoms. The molecule has 0 saturated heterocycles. The van der Waals surface area contributed by atoms with Crippen molar-refractivity contribution in [3.8, 4) is 0 Å². The number of carbonyl (C=O) groups is 2. The summed E-state index contributed by atoms with van der Waals surface area (Å²) < 4.78 is 0. The van der Waals surface area contributed by atoms with Crippen molar-refractivity contribution in [2.45, 2.75) is 0 Å². The molecule has 0 saturated carbocycles. The van der Waals surface area contributed by atoms with Gasteiger partial charge in [-0.05, 0) is 12.1 Å². The number of carboxylic acid groups (broad SMARTS) is 1. The number of amidine groups is 1. The molecule has 1 heterocycles. The van der Waals surface area contributed by atoms with E-state index in [1.54, 1.807) is 18.2 Å². The summed E-state index contributed by atoms with van der Waals surface area (Å²) in [6.07, 6.45) is 0. The van der Waals surface area contributed by atoms with Crippen LogP contribution in [-0.4, -0.2) is 35.8 Å². The van der Waals surface area contributed by atoms with E-state index in [2.05, 4.69) is 20.6 Å². The van der Waals surface area contributed by atoms with Crippen LogP contribution in [0.5, 0.6) is 0 Å². The maximum absolute atomic E-state index is 11.3. The summed E-state index contributed by atoms with van der Waals surface area (Å²) in [4.78, 5) is 29.9. The van der Waals surface area contributed by atoms with E-state index in [9.17, 15) is 9.59 Å². The van der Waals surface area contributed by atoms with E-state index in [-0.39, 0.29) is 17.4 Å². The average Bonchev–Trinajstić information content (AvgIpc) is 2.70. The molecule has 7 nitrogen and oxygen atoms in total. The van der Waals surface area contributed by atoms with Crippen molar-refractivity contribution in [2.24, 2.45) is 9.98 Å². The van der Waals surface area contributed by atoms with Crippen LogP contribution in [-0.2, 0) is 4.79 Å². The maximum atomic E-state index is 11.3. The molecule has 1 aromatic carbocycles. The lowest BCUT2D eigenvalue weighted by Gasteiger charge is -2.07. The Hall–Kier alpha value is -2.70. The number of rotatable bonds is 2. The van der Waals surface area contributed by atoms with Gasteiger partial charge in [0.1, 0.15) is 0 Å². The zero-order chi connectivity index (χ0) is 13.1. The molecule has 0 atom stereocenters. The molecule has 1 aliphatic heterocycles. The lowest BCUT2D eigenvalue weighted by atomic mass is 10.2. The van der Waals surface area contributed by atoms with E-state index in [0.29, 0.717) is 5.69 Å². The van der Waals surface area contributed by atoms with Gasteiger partial charge in [0.05, 0.1) is 11.3 Å². The first-order chi connectivity index (χ1) is 8.61. The van der Waals surface area contributed by atoms with Crippen LogP contribution in [0.1, 0.15) is 10.4 Å². The minimum atomic E-state index is -1.06. The minimum absolute atomic E-state index is 0.0466. The summed E-state index contributed by atoms with van der Waals surface area (Å²) in [6.45, 7) is 0. The van der Waals surface area contributed by atoms with E-state index in [0.717, 1.165) is 0 Å². The van der Waals surface area contributed by atoms with Gasteiger partial charge in [0.25, 0.3) is 5.91 Å². The molecular formula is C11H10N4O3. The van der Waals surface area contributed by atoms with Crippen LogP contribution in [0.25, 0.3) is 0 Å². The Kier molecular flexibility index (Phi) is 3.05. The average molecular weight is 246 g/mol. The van der Waals surface area contributed by atoms with Crippen LogP contribution in [0.4, 0.5) is 5.69 Å². The highest BCUT2D eigenvalue weighted by atomic mass is 16.4. The van der Waals surface area contributed by atoms with Crippen molar-refractivity contribution in [3.05, 3.63) is 29.8 Å². The molecule has 0 aliphatic carbocycles. The SMILES string of the molecule is CN=C1N=C(Nc2ccccc2C(=O)O)NC1=O. The number of hydrogen-bond donors (Lipinski definition) is 3. The van der Waals surface area contributed by atoms with Crippen molar-refractivity contribution >= 4 is 29.4 Å². The van der Waals surface area contributed by atoms with Crippen LogP contribution in [0, 0.1) is 0 Å². The Labute approximate surface area is 102 Å². The number of amides is 1. The molecule has 0 aromatic heterocycles. The van der Waals surface area contributed by atoms with Crippen LogP contribution in [0.15, 0.2) is 34.3 Å². The molecule has 92 valence electrons. The summed E-state index contributed by atoms with van der Waals surface area (Å²) in [7, 11) is 1.45. The number of aliphatic imine (C=N–C) groups is 2. The number of nitrogens with zero attached hydrogens (tertiary/aromatic N) is 2. The highest BCUT2D eigenvalue weighted by Crippen LogP contribution is 2.15. The molecule has 1 aromatic rings. The first-order valence-corrected chi connectivity index (χ1v) is 5.08. The van der Waals surface area contributed by atoms with Gasteiger partial charge in [-0.2, -0.15) is 4.99 Å². The quantitative estimate of drug-likeness (QED) is 0.698. The fourth-order valence-electron chi connectivity index (χ4n) is 1.46. The number of guanidine groups is 1. The van der Waals surface area contributed by atoms with Crippen molar-refractivity contribution in [2.75, 3.05) is 12.4 Å². The van der Waals surface area contributed by atoms with Crippen LogP contribution < -0.4 is 10.6 Å². The maximum Gasteiger partial charge on any atom is 0.337 e. The normalized spacial score (nSPS) is 16.4. The predicted octanol–water partition coefficient (Wildman–Crippen LogP) is 0.311. The third kappa shape index (κ3) is 2.19. The Morgan fingerprint density at radius 2 is 2.17 bits per heavy atom. The third-order valence-electron chi connectivity index (χ3n) is 2.28. The topological polar surface area (TPSA) is 103 Å². The Morgan fingerprint density at radius 1 is 1.44 bits per heavy atom. The van der Waals surface area contributed by atoms with E-state index < -0.39 is 11.9 Å². The Bertz CT molecular complexity index is 577. The zero-order valence-electron chi connectivity index (χ0n) is 9.47. The second-order valence-electron chi connectivity index (χ2n) is 3.44. The second-order valence-corrected chi connectivity index (χ2v) is 3.44. The molecule has 0 bridgehead atoms. The molecular weight excluding hydrogens is 236 g/mol. The largest absolute Gasteiger partial charge is 0.478 e. The van der Waals surface area contributed by atoms with Gasteiger partial charge < -0.3 is 10.4 Å². The van der Waals surface area contributed by atoms with Gasteiger partial charge in [0.2, 0.25) is 11.8 Å². The van der Waals surface area contributed by atoms with E-state index in [1.807, 2.05) is 0 Å². The number of hydrogen-bond acceptors (Lipinski definition) is 4. The van der Waals surface area contributed by atoms with E-state index in [4.69, 9.17) is 5.11 Å². The number of aromatic carboxylic acids is 1. The lowest BCUT2D eigenvalue weighted by Crippen LogP contribution is -2.31. The van der Waals surface area contributed by atoms with Gasteiger partial charge in [-0.3, -0.25) is 15.1 Å². The number of carbonyl (C=O) groups excluding carboxylic acids is 1. The second kappa shape index (κ2) is 4.66. The molecule has 0 fully saturated rings. The van der Waals surface area contributed by atoms with Gasteiger partial charge >= 0.3 is 5.97 Å². The van der Waals surface area contributed by atoms with Crippen molar-refractivity contribution < 1.29 is 14.7 Å². The zero-order valence-corrected chi connectivity index (χ0v) is 9.47. The lowest BCUT2D eigenvalue weighted by molar-refractivity contribution is -0.113. The highest BCUT2D eigenvalue weighted by molar-refractivity contribution is 6.47. The standard InChI is InChI=1S/C11H10N4O3/c1-12-8-9(16)15-11(14-8)13-7-5-3-2-4-6(7)10(17)18/h2-5H,1H3,(H,17,18)(H2,12,13,14,15,16). The minimum Gasteiger partial charge on any atom is -0.478 e. The number of anilines is 1. The molecule has 2 rings (SSSR count). The highest BCUT2D eigenvalue weighted by Gasteiger charge is 2.22. The first-order valence-electron chi connectivity index (χ1n) is 5.08. The van der Waals surface area contributed by atoms with Gasteiger partial charge in [0, 0.05) is 7.05 Å². The summed E-state index contributed by atoms with van der Waals surface area (Å²) >= 11 is 0. The Morgan fingerprint density at radius 3 is 2.78 bits per heavy atom. The van der Waals surface area contributed by atoms with Crippen molar-refractivity contribution in [1.82, 2.24) is 5.32 Å². The molecule has 1 aliphatic rings. The number of para-hydroxylation sites is 1. The van der Waals surface area contributed by atoms with Gasteiger partial charge in [-0.25, -0.2) is 4.79 Å².